The van der Waals surface area contributed by atoms with E-state index in [9.17, 15) is 9.90 Å². The Labute approximate surface area is 113 Å². The lowest BCUT2D eigenvalue weighted by Crippen LogP contribution is -2.25. The number of phenolic OH excluding ortho intramolecular Hbond substituents is 1. The molecule has 0 bridgehead atoms. The molecule has 0 saturated heterocycles. The Balaban J connectivity index is 2.30. The quantitative estimate of drug-likeness (QED) is 0.399. The molecule has 0 fully saturated rings. The van der Waals surface area contributed by atoms with Crippen LogP contribution in [0.3, 0.4) is 0 Å². The van der Waals surface area contributed by atoms with Gasteiger partial charge in [0, 0.05) is 19.8 Å². The van der Waals surface area contributed by atoms with E-state index in [1.54, 1.807) is 12.1 Å². The number of phenols is 1. The van der Waals surface area contributed by atoms with Crippen LogP contribution < -0.4 is 11.1 Å². The van der Waals surface area contributed by atoms with Gasteiger partial charge in [-0.25, -0.2) is 0 Å². The maximum atomic E-state index is 11.8. The Morgan fingerprint density at radius 3 is 2.89 bits per heavy atom. The summed E-state index contributed by atoms with van der Waals surface area (Å²) >= 11 is 0. The second-order valence-corrected chi connectivity index (χ2v) is 4.82. The van der Waals surface area contributed by atoms with E-state index in [1.165, 1.54) is 6.07 Å². The number of anilines is 1. The first-order chi connectivity index (χ1) is 9.02. The van der Waals surface area contributed by atoms with Crippen LogP contribution in [-0.2, 0) is 4.74 Å². The molecule has 1 rings (SSSR count). The summed E-state index contributed by atoms with van der Waals surface area (Å²) in [5.74, 6) is 0.0172. The number of para-hydroxylation sites is 1. The Bertz CT molecular complexity index is 419. The zero-order chi connectivity index (χ0) is 14.3. The molecule has 0 atom stereocenters. The van der Waals surface area contributed by atoms with E-state index >= 15 is 0 Å². The van der Waals surface area contributed by atoms with Gasteiger partial charge in [-0.15, -0.1) is 0 Å². The van der Waals surface area contributed by atoms with E-state index in [-0.39, 0.29) is 22.9 Å². The average Bonchev–Trinajstić information content (AvgIpc) is 2.36. The molecule has 0 unspecified atom stereocenters. The number of rotatable bonds is 7. The van der Waals surface area contributed by atoms with Gasteiger partial charge in [0.1, 0.15) is 0 Å². The number of carbonyl (C=O) groups excluding carboxylic acids is 1. The lowest BCUT2D eigenvalue weighted by atomic mass is 10.1. The smallest absolute Gasteiger partial charge is 0.255 e. The highest BCUT2D eigenvalue weighted by atomic mass is 16.5. The number of nitrogen functional groups attached to an aromatic ring is 1. The first kappa shape index (κ1) is 15.3. The van der Waals surface area contributed by atoms with E-state index in [2.05, 4.69) is 19.2 Å². The monoisotopic (exact) mass is 266 g/mol. The van der Waals surface area contributed by atoms with Gasteiger partial charge in [0.05, 0.1) is 11.3 Å². The Hall–Kier alpha value is -1.75. The number of benzene rings is 1. The molecule has 1 aromatic carbocycles. The molecule has 5 heteroatoms. The number of carbonyl (C=O) groups is 1. The summed E-state index contributed by atoms with van der Waals surface area (Å²) in [6.07, 6.45) is 0.738. The van der Waals surface area contributed by atoms with E-state index in [0.717, 1.165) is 13.0 Å². The molecule has 0 aliphatic heterocycles. The molecular weight excluding hydrogens is 244 g/mol. The fourth-order valence-corrected chi connectivity index (χ4v) is 1.54. The number of nitrogens with two attached hydrogens (primary N) is 1. The van der Waals surface area contributed by atoms with Crippen molar-refractivity contribution in [3.05, 3.63) is 23.8 Å². The minimum absolute atomic E-state index is 0.170. The first-order valence-corrected chi connectivity index (χ1v) is 6.45. The predicted octanol–water partition coefficient (Wildman–Crippen LogP) is 1.77. The van der Waals surface area contributed by atoms with Gasteiger partial charge in [-0.05, 0) is 24.5 Å². The summed E-state index contributed by atoms with van der Waals surface area (Å²) in [5.41, 5.74) is 5.93. The Morgan fingerprint density at radius 1 is 1.47 bits per heavy atom. The molecule has 0 saturated carbocycles. The molecule has 0 aromatic heterocycles. The van der Waals surface area contributed by atoms with E-state index in [0.29, 0.717) is 19.1 Å². The summed E-state index contributed by atoms with van der Waals surface area (Å²) in [7, 11) is 0. The third-order valence-corrected chi connectivity index (χ3v) is 2.51. The van der Waals surface area contributed by atoms with Gasteiger partial charge in [0.15, 0.2) is 5.75 Å². The van der Waals surface area contributed by atoms with Crippen LogP contribution >= 0.6 is 0 Å². The molecule has 5 nitrogen and oxygen atoms in total. The maximum absolute atomic E-state index is 11.8. The van der Waals surface area contributed by atoms with Crippen LogP contribution in [0.1, 0.15) is 30.6 Å². The van der Waals surface area contributed by atoms with E-state index in [4.69, 9.17) is 10.5 Å². The lowest BCUT2D eigenvalue weighted by Gasteiger charge is -2.09. The molecule has 19 heavy (non-hydrogen) atoms. The van der Waals surface area contributed by atoms with Crippen LogP contribution in [0.4, 0.5) is 5.69 Å². The zero-order valence-electron chi connectivity index (χ0n) is 11.5. The van der Waals surface area contributed by atoms with Crippen LogP contribution in [0.5, 0.6) is 5.75 Å². The van der Waals surface area contributed by atoms with Crippen LogP contribution in [-0.4, -0.2) is 30.8 Å². The molecule has 1 amide bonds. The summed E-state index contributed by atoms with van der Waals surface area (Å²) in [6, 6.07) is 4.72. The molecule has 0 spiro atoms. The van der Waals surface area contributed by atoms with Gasteiger partial charge < -0.3 is 20.9 Å². The van der Waals surface area contributed by atoms with Crippen LogP contribution in [0.15, 0.2) is 18.2 Å². The highest BCUT2D eigenvalue weighted by Gasteiger charge is 2.11. The second kappa shape index (κ2) is 7.63. The second-order valence-electron chi connectivity index (χ2n) is 4.82. The van der Waals surface area contributed by atoms with Crippen molar-refractivity contribution < 1.29 is 14.6 Å². The molecule has 0 radical (unpaired) electrons. The van der Waals surface area contributed by atoms with Crippen LogP contribution in [0.2, 0.25) is 0 Å². The fraction of sp³-hybridized carbons (Fsp3) is 0.500. The molecule has 106 valence electrons. The summed E-state index contributed by atoms with van der Waals surface area (Å²) in [4.78, 5) is 11.8. The molecule has 0 aliphatic rings. The highest BCUT2D eigenvalue weighted by Crippen LogP contribution is 2.23. The summed E-state index contributed by atoms with van der Waals surface area (Å²) in [6.45, 7) is 6.02. The third-order valence-electron chi connectivity index (χ3n) is 2.51. The first-order valence-electron chi connectivity index (χ1n) is 6.45. The number of hydrogen-bond acceptors (Lipinski definition) is 4. The van der Waals surface area contributed by atoms with Crippen LogP contribution in [0.25, 0.3) is 0 Å². The normalized spacial score (nSPS) is 10.7. The van der Waals surface area contributed by atoms with Gasteiger partial charge >= 0.3 is 0 Å². The fourth-order valence-electron chi connectivity index (χ4n) is 1.54. The van der Waals surface area contributed by atoms with Crippen molar-refractivity contribution in [1.29, 1.82) is 0 Å². The Kier molecular flexibility index (Phi) is 6.15. The van der Waals surface area contributed by atoms with Crippen molar-refractivity contribution in [1.82, 2.24) is 5.32 Å². The lowest BCUT2D eigenvalue weighted by molar-refractivity contribution is 0.0923. The average molecular weight is 266 g/mol. The molecule has 0 aliphatic carbocycles. The summed E-state index contributed by atoms with van der Waals surface area (Å²) < 4.78 is 5.40. The molecule has 4 N–H and O–H groups in total. The topological polar surface area (TPSA) is 84.6 Å². The molecule has 0 heterocycles. The molecule has 1 aromatic rings. The van der Waals surface area contributed by atoms with Gasteiger partial charge in [-0.2, -0.15) is 0 Å². The Morgan fingerprint density at radius 2 is 2.21 bits per heavy atom. The number of amides is 1. The minimum Gasteiger partial charge on any atom is -0.505 e. The van der Waals surface area contributed by atoms with Gasteiger partial charge in [-0.1, -0.05) is 19.9 Å². The maximum Gasteiger partial charge on any atom is 0.255 e. The van der Waals surface area contributed by atoms with Crippen molar-refractivity contribution in [2.45, 2.75) is 20.3 Å². The van der Waals surface area contributed by atoms with Crippen molar-refractivity contribution in [3.8, 4) is 5.75 Å². The summed E-state index contributed by atoms with van der Waals surface area (Å²) in [5, 5.41) is 12.4. The number of aromatic hydroxyl groups is 1. The number of hydrogen-bond donors (Lipinski definition) is 3. The molecular formula is C14H22N2O3. The van der Waals surface area contributed by atoms with E-state index in [1.807, 2.05) is 0 Å². The standard InChI is InChI=1S/C14H22N2O3/c1-10(2)9-19-8-4-7-16-14(18)11-5-3-6-12(15)13(11)17/h3,5-6,10,17H,4,7-9,15H2,1-2H3,(H,16,18). The van der Waals surface area contributed by atoms with Crippen molar-refractivity contribution in [3.63, 3.8) is 0 Å². The van der Waals surface area contributed by atoms with Crippen molar-refractivity contribution >= 4 is 11.6 Å². The number of nitrogens with one attached hydrogen (secondary N) is 1. The van der Waals surface area contributed by atoms with Crippen molar-refractivity contribution in [2.24, 2.45) is 5.92 Å². The van der Waals surface area contributed by atoms with Gasteiger partial charge in [0.2, 0.25) is 0 Å². The van der Waals surface area contributed by atoms with E-state index < -0.39 is 0 Å². The minimum atomic E-state index is -0.325. The number of ether oxygens (including phenoxy) is 1. The largest absolute Gasteiger partial charge is 0.505 e. The third kappa shape index (κ3) is 5.18. The predicted molar refractivity (Wildman–Crippen MR) is 75.1 cm³/mol. The SMILES string of the molecule is CC(C)COCCCNC(=O)c1cccc(N)c1O. The van der Waals surface area contributed by atoms with Gasteiger partial charge in [-0.3, -0.25) is 4.79 Å². The van der Waals surface area contributed by atoms with Crippen molar-refractivity contribution in [2.75, 3.05) is 25.5 Å². The van der Waals surface area contributed by atoms with Crippen LogP contribution in [0, 0.1) is 5.92 Å². The zero-order valence-corrected chi connectivity index (χ0v) is 11.5. The highest BCUT2D eigenvalue weighted by molar-refractivity contribution is 5.98. The van der Waals surface area contributed by atoms with Gasteiger partial charge in [0.25, 0.3) is 5.91 Å².